The molecule has 1 aliphatic heterocycles. The maximum Gasteiger partial charge on any atom is 0.152 e. The lowest BCUT2D eigenvalue weighted by molar-refractivity contribution is -0.0414. The number of ether oxygens (including phenoxy) is 1. The predicted octanol–water partition coefficient (Wildman–Crippen LogP) is 3.34. The van der Waals surface area contributed by atoms with E-state index >= 15 is 0 Å². The zero-order valence-electron chi connectivity index (χ0n) is 12.1. The SMILES string of the molecule is O=Cc1cn(CC2CCC3(CCCC3)O2)c2ncccc12. The Kier molecular flexibility index (Phi) is 3.07. The van der Waals surface area contributed by atoms with Gasteiger partial charge in [-0.3, -0.25) is 4.79 Å². The number of fused-ring (bicyclic) bond motifs is 1. The van der Waals surface area contributed by atoms with Crippen molar-refractivity contribution in [3.63, 3.8) is 0 Å². The topological polar surface area (TPSA) is 44.1 Å². The molecule has 3 heterocycles. The Balaban J connectivity index is 1.59. The molecule has 4 nitrogen and oxygen atoms in total. The second-order valence-corrected chi connectivity index (χ2v) is 6.40. The molecule has 1 saturated heterocycles. The lowest BCUT2D eigenvalue weighted by atomic mass is 9.98. The summed E-state index contributed by atoms with van der Waals surface area (Å²) < 4.78 is 8.45. The Morgan fingerprint density at radius 2 is 2.24 bits per heavy atom. The number of aromatic nitrogens is 2. The van der Waals surface area contributed by atoms with Crippen LogP contribution >= 0.6 is 0 Å². The summed E-state index contributed by atoms with van der Waals surface area (Å²) in [7, 11) is 0. The standard InChI is InChI=1S/C17H20N2O2/c20-12-13-10-19(16-15(13)4-3-9-18-16)11-14-5-8-17(21-14)6-1-2-7-17/h3-4,9-10,12,14H,1-2,5-8,11H2. The molecule has 2 aromatic heterocycles. The number of carbonyl (C=O) groups is 1. The maximum absolute atomic E-state index is 11.2. The summed E-state index contributed by atoms with van der Waals surface area (Å²) in [6, 6.07) is 3.83. The normalized spacial score (nSPS) is 24.1. The number of nitrogens with zero attached hydrogens (tertiary/aromatic N) is 2. The molecule has 0 aromatic carbocycles. The highest BCUT2D eigenvalue weighted by molar-refractivity contribution is 5.95. The summed E-state index contributed by atoms with van der Waals surface area (Å²) in [5, 5.41) is 0.932. The summed E-state index contributed by atoms with van der Waals surface area (Å²) in [6.45, 7) is 0.795. The number of pyridine rings is 1. The Labute approximate surface area is 124 Å². The van der Waals surface area contributed by atoms with E-state index in [1.807, 2.05) is 18.3 Å². The van der Waals surface area contributed by atoms with Crippen molar-refractivity contribution in [2.45, 2.75) is 56.8 Å². The summed E-state index contributed by atoms with van der Waals surface area (Å²) in [5.41, 5.74) is 1.76. The van der Waals surface area contributed by atoms with Crippen LogP contribution < -0.4 is 0 Å². The average molecular weight is 284 g/mol. The fourth-order valence-electron chi connectivity index (χ4n) is 4.01. The Bertz CT molecular complexity index is 670. The highest BCUT2D eigenvalue weighted by atomic mass is 16.5. The van der Waals surface area contributed by atoms with Gasteiger partial charge >= 0.3 is 0 Å². The first-order valence-electron chi connectivity index (χ1n) is 7.87. The van der Waals surface area contributed by atoms with Gasteiger partial charge in [-0.2, -0.15) is 0 Å². The summed E-state index contributed by atoms with van der Waals surface area (Å²) in [5.74, 6) is 0. The molecule has 110 valence electrons. The summed E-state index contributed by atoms with van der Waals surface area (Å²) in [6.07, 6.45) is 12.2. The highest BCUT2D eigenvalue weighted by Gasteiger charge is 2.42. The zero-order chi connectivity index (χ0) is 14.3. The highest BCUT2D eigenvalue weighted by Crippen LogP contribution is 2.43. The van der Waals surface area contributed by atoms with Crippen molar-refractivity contribution in [2.24, 2.45) is 0 Å². The van der Waals surface area contributed by atoms with Crippen LogP contribution in [0.4, 0.5) is 0 Å². The van der Waals surface area contributed by atoms with Crippen LogP contribution in [0.5, 0.6) is 0 Å². The van der Waals surface area contributed by atoms with Crippen LogP contribution in [0.2, 0.25) is 0 Å². The molecule has 2 fully saturated rings. The molecular weight excluding hydrogens is 264 g/mol. The average Bonchev–Trinajstić information content (AvgIpc) is 3.21. The van der Waals surface area contributed by atoms with Gasteiger partial charge in [0.15, 0.2) is 6.29 Å². The van der Waals surface area contributed by atoms with Gasteiger partial charge < -0.3 is 9.30 Å². The fourth-order valence-corrected chi connectivity index (χ4v) is 4.01. The Hall–Kier alpha value is -1.68. The van der Waals surface area contributed by atoms with Crippen molar-refractivity contribution in [3.05, 3.63) is 30.1 Å². The minimum Gasteiger partial charge on any atom is -0.370 e. The number of hydrogen-bond donors (Lipinski definition) is 0. The van der Waals surface area contributed by atoms with Crippen LogP contribution in [0.15, 0.2) is 24.5 Å². The third-order valence-corrected chi connectivity index (χ3v) is 5.05. The van der Waals surface area contributed by atoms with E-state index in [4.69, 9.17) is 4.74 Å². The largest absolute Gasteiger partial charge is 0.370 e. The monoisotopic (exact) mass is 284 g/mol. The lowest BCUT2D eigenvalue weighted by Gasteiger charge is -2.24. The number of rotatable bonds is 3. The van der Waals surface area contributed by atoms with Gasteiger partial charge in [-0.25, -0.2) is 4.98 Å². The van der Waals surface area contributed by atoms with Crippen molar-refractivity contribution >= 4 is 17.3 Å². The maximum atomic E-state index is 11.2. The van der Waals surface area contributed by atoms with Gasteiger partial charge in [0.25, 0.3) is 0 Å². The van der Waals surface area contributed by atoms with E-state index < -0.39 is 0 Å². The third-order valence-electron chi connectivity index (χ3n) is 5.05. The first kappa shape index (κ1) is 13.0. The molecule has 1 atom stereocenters. The second-order valence-electron chi connectivity index (χ2n) is 6.40. The van der Waals surface area contributed by atoms with Crippen molar-refractivity contribution in [2.75, 3.05) is 0 Å². The molecule has 1 saturated carbocycles. The molecule has 2 aromatic rings. The van der Waals surface area contributed by atoms with Gasteiger partial charge in [0, 0.05) is 23.3 Å². The molecule has 4 rings (SSSR count). The molecule has 1 unspecified atom stereocenters. The van der Waals surface area contributed by atoms with Gasteiger partial charge in [-0.1, -0.05) is 12.8 Å². The molecule has 4 heteroatoms. The number of hydrogen-bond acceptors (Lipinski definition) is 3. The van der Waals surface area contributed by atoms with E-state index in [1.54, 1.807) is 6.20 Å². The Morgan fingerprint density at radius 1 is 1.38 bits per heavy atom. The van der Waals surface area contributed by atoms with E-state index in [2.05, 4.69) is 9.55 Å². The number of aldehydes is 1. The quantitative estimate of drug-likeness (QED) is 0.812. The van der Waals surface area contributed by atoms with Crippen LogP contribution in [0.3, 0.4) is 0 Å². The zero-order valence-corrected chi connectivity index (χ0v) is 12.1. The lowest BCUT2D eigenvalue weighted by Crippen LogP contribution is -2.26. The number of carbonyl (C=O) groups excluding carboxylic acids is 1. The molecule has 21 heavy (non-hydrogen) atoms. The molecule has 1 aliphatic carbocycles. The molecule has 0 amide bonds. The van der Waals surface area contributed by atoms with E-state index in [-0.39, 0.29) is 11.7 Å². The second kappa shape index (κ2) is 4.95. The van der Waals surface area contributed by atoms with Crippen LogP contribution in [0.1, 0.15) is 48.9 Å². The van der Waals surface area contributed by atoms with Crippen LogP contribution in [-0.2, 0) is 11.3 Å². The first-order valence-corrected chi connectivity index (χ1v) is 7.87. The summed E-state index contributed by atoms with van der Waals surface area (Å²) in [4.78, 5) is 15.6. The van der Waals surface area contributed by atoms with E-state index in [0.29, 0.717) is 5.56 Å². The fraction of sp³-hybridized carbons (Fsp3) is 0.529. The minimum atomic E-state index is 0.161. The van der Waals surface area contributed by atoms with E-state index in [0.717, 1.165) is 30.3 Å². The van der Waals surface area contributed by atoms with Gasteiger partial charge in [-0.05, 0) is 37.8 Å². The van der Waals surface area contributed by atoms with Crippen molar-refractivity contribution in [1.29, 1.82) is 0 Å². The van der Waals surface area contributed by atoms with Crippen molar-refractivity contribution in [1.82, 2.24) is 9.55 Å². The van der Waals surface area contributed by atoms with Gasteiger partial charge in [-0.15, -0.1) is 0 Å². The van der Waals surface area contributed by atoms with Crippen LogP contribution in [0.25, 0.3) is 11.0 Å². The van der Waals surface area contributed by atoms with E-state index in [9.17, 15) is 4.79 Å². The minimum absolute atomic E-state index is 0.161. The molecule has 0 N–H and O–H groups in total. The summed E-state index contributed by atoms with van der Waals surface area (Å²) >= 11 is 0. The Morgan fingerprint density at radius 3 is 3.05 bits per heavy atom. The molecule has 0 radical (unpaired) electrons. The third kappa shape index (κ3) is 2.18. The van der Waals surface area contributed by atoms with Gasteiger partial charge in [0.05, 0.1) is 18.2 Å². The molecule has 2 aliphatic rings. The molecular formula is C17H20N2O2. The van der Waals surface area contributed by atoms with Gasteiger partial charge in [0.1, 0.15) is 5.65 Å². The molecule has 0 bridgehead atoms. The van der Waals surface area contributed by atoms with Gasteiger partial charge in [0.2, 0.25) is 0 Å². The van der Waals surface area contributed by atoms with Crippen LogP contribution in [-0.4, -0.2) is 27.5 Å². The van der Waals surface area contributed by atoms with Crippen LogP contribution in [0, 0.1) is 0 Å². The predicted molar refractivity (Wildman–Crippen MR) is 80.4 cm³/mol. The smallest absolute Gasteiger partial charge is 0.152 e. The first-order chi connectivity index (χ1) is 10.3. The van der Waals surface area contributed by atoms with Crippen molar-refractivity contribution < 1.29 is 9.53 Å². The van der Waals surface area contributed by atoms with E-state index in [1.165, 1.54) is 32.1 Å². The van der Waals surface area contributed by atoms with Crippen molar-refractivity contribution in [3.8, 4) is 0 Å². The molecule has 1 spiro atoms.